The number of hydrogen-bond donors (Lipinski definition) is 1. The number of halogens is 2. The summed E-state index contributed by atoms with van der Waals surface area (Å²) in [5.74, 6) is -0.856. The summed E-state index contributed by atoms with van der Waals surface area (Å²) in [5.41, 5.74) is 0. The van der Waals surface area contributed by atoms with Gasteiger partial charge >= 0.3 is 6.01 Å². The minimum absolute atomic E-state index is 0.0104. The Labute approximate surface area is 126 Å². The second-order valence-corrected chi connectivity index (χ2v) is 5.39. The average Bonchev–Trinajstić information content (AvgIpc) is 2.40. The van der Waals surface area contributed by atoms with Crippen LogP contribution in [0.5, 0.6) is 6.01 Å². The highest BCUT2D eigenvalue weighted by Crippen LogP contribution is 2.24. The van der Waals surface area contributed by atoms with Gasteiger partial charge in [-0.2, -0.15) is 4.98 Å². The third-order valence-corrected chi connectivity index (χ3v) is 3.12. The first-order valence-corrected chi connectivity index (χ1v) is 6.85. The van der Waals surface area contributed by atoms with Crippen molar-refractivity contribution in [3.63, 3.8) is 0 Å². The summed E-state index contributed by atoms with van der Waals surface area (Å²) < 4.78 is 32.0. The molecule has 1 aliphatic carbocycles. The molecule has 7 heteroatoms. The Bertz CT molecular complexity index is 604. The van der Waals surface area contributed by atoms with Crippen molar-refractivity contribution in [1.29, 1.82) is 0 Å². The van der Waals surface area contributed by atoms with E-state index in [9.17, 15) is 8.78 Å². The van der Waals surface area contributed by atoms with Crippen molar-refractivity contribution >= 4 is 23.0 Å². The Morgan fingerprint density at radius 2 is 2.24 bits per heavy atom. The van der Waals surface area contributed by atoms with Crippen molar-refractivity contribution in [1.82, 2.24) is 9.97 Å². The van der Waals surface area contributed by atoms with E-state index in [0.717, 1.165) is 6.20 Å². The largest absolute Gasteiger partial charge is 0.463 e. The van der Waals surface area contributed by atoms with Crippen molar-refractivity contribution in [2.75, 3.05) is 11.9 Å². The van der Waals surface area contributed by atoms with Crippen molar-refractivity contribution in [3.05, 3.63) is 36.1 Å². The molecular weight excluding hydrogens is 296 g/mol. The van der Waals surface area contributed by atoms with Crippen LogP contribution in [0.3, 0.4) is 0 Å². The summed E-state index contributed by atoms with van der Waals surface area (Å²) in [6.45, 7) is 3.79. The summed E-state index contributed by atoms with van der Waals surface area (Å²) in [4.78, 5) is 8.07. The molecule has 4 nitrogen and oxygen atoms in total. The number of anilines is 1. The van der Waals surface area contributed by atoms with Crippen molar-refractivity contribution in [2.45, 2.75) is 13.8 Å². The fraction of sp³-hybridized carbons (Fsp3) is 0.357. The number of allylic oxidation sites excluding steroid dienone is 3. The zero-order valence-corrected chi connectivity index (χ0v) is 12.5. The van der Waals surface area contributed by atoms with E-state index in [-0.39, 0.29) is 36.1 Å². The number of rotatable bonds is 4. The second-order valence-electron chi connectivity index (χ2n) is 4.77. The van der Waals surface area contributed by atoms with Crippen LogP contribution in [0.25, 0.3) is 0 Å². The quantitative estimate of drug-likeness (QED) is 0.863. The van der Waals surface area contributed by atoms with Crippen LogP contribution in [0, 0.1) is 17.7 Å². The normalized spacial score (nSPS) is 20.9. The third kappa shape index (κ3) is 4.29. The van der Waals surface area contributed by atoms with E-state index in [1.54, 1.807) is 13.0 Å². The fourth-order valence-electron chi connectivity index (χ4n) is 1.87. The Morgan fingerprint density at radius 1 is 1.48 bits per heavy atom. The highest BCUT2D eigenvalue weighted by atomic mass is 32.1. The number of ether oxygens (including phenoxy) is 1. The molecule has 2 atom stereocenters. The monoisotopic (exact) mass is 311 g/mol. The highest BCUT2D eigenvalue weighted by Gasteiger charge is 2.18. The van der Waals surface area contributed by atoms with Gasteiger partial charge in [-0.25, -0.2) is 13.8 Å². The smallest absolute Gasteiger partial charge is 0.318 e. The molecule has 2 unspecified atom stereocenters. The molecule has 1 heterocycles. The predicted molar refractivity (Wildman–Crippen MR) is 80.4 cm³/mol. The molecule has 0 bridgehead atoms. The van der Waals surface area contributed by atoms with Crippen molar-refractivity contribution < 1.29 is 13.5 Å². The topological polar surface area (TPSA) is 47.0 Å². The molecule has 0 aliphatic heterocycles. The molecule has 1 aromatic heterocycles. The van der Waals surface area contributed by atoms with Gasteiger partial charge in [0.1, 0.15) is 5.83 Å². The van der Waals surface area contributed by atoms with E-state index in [1.165, 1.54) is 12.2 Å². The zero-order chi connectivity index (χ0) is 15.4. The van der Waals surface area contributed by atoms with Crippen LogP contribution in [-0.4, -0.2) is 21.6 Å². The van der Waals surface area contributed by atoms with Gasteiger partial charge in [-0.05, 0) is 25.0 Å². The molecule has 0 saturated carbocycles. The van der Waals surface area contributed by atoms with Gasteiger partial charge in [0.2, 0.25) is 0 Å². The molecule has 0 saturated heterocycles. The standard InChI is InChI=1S/C14H15F2N3OS/c1-8-5-11(15)4-3-10(8)7-20-14-17-6-12(16)13(19-14)18-9(2)21/h3-6,8,10H,7H2,1-2H3,(H,17,18,19,21). The lowest BCUT2D eigenvalue weighted by atomic mass is 9.90. The van der Waals surface area contributed by atoms with Gasteiger partial charge < -0.3 is 10.1 Å². The van der Waals surface area contributed by atoms with Crippen LogP contribution in [-0.2, 0) is 0 Å². The molecule has 1 N–H and O–H groups in total. The summed E-state index contributed by atoms with van der Waals surface area (Å²) in [6, 6.07) is 0.0470. The Hall–Kier alpha value is -1.89. The molecule has 112 valence electrons. The molecule has 0 spiro atoms. The molecule has 0 amide bonds. The molecule has 2 rings (SSSR count). The summed E-state index contributed by atoms with van der Waals surface area (Å²) in [5, 5.41) is 2.62. The van der Waals surface area contributed by atoms with Gasteiger partial charge in [-0.15, -0.1) is 0 Å². The van der Waals surface area contributed by atoms with Crippen molar-refractivity contribution in [2.24, 2.45) is 11.8 Å². The van der Waals surface area contributed by atoms with Gasteiger partial charge in [0, 0.05) is 5.92 Å². The predicted octanol–water partition coefficient (Wildman–Crippen LogP) is 3.43. The van der Waals surface area contributed by atoms with E-state index >= 15 is 0 Å². The molecule has 0 fully saturated rings. The maximum atomic E-state index is 13.5. The summed E-state index contributed by atoms with van der Waals surface area (Å²) >= 11 is 4.84. The maximum absolute atomic E-state index is 13.5. The Balaban J connectivity index is 2.01. The Kier molecular flexibility index (Phi) is 4.95. The first kappa shape index (κ1) is 15.5. The van der Waals surface area contributed by atoms with E-state index in [4.69, 9.17) is 17.0 Å². The van der Waals surface area contributed by atoms with Crippen molar-refractivity contribution in [3.8, 4) is 6.01 Å². The van der Waals surface area contributed by atoms with E-state index in [2.05, 4.69) is 15.3 Å². The SMILES string of the molecule is CC(=S)Nc1nc(OCC2C=CC(F)=CC2C)ncc1F. The first-order chi connectivity index (χ1) is 9.95. The van der Waals surface area contributed by atoms with Crippen LogP contribution < -0.4 is 10.1 Å². The highest BCUT2D eigenvalue weighted by molar-refractivity contribution is 7.80. The first-order valence-electron chi connectivity index (χ1n) is 6.44. The zero-order valence-electron chi connectivity index (χ0n) is 11.6. The molecule has 1 aromatic rings. The molecule has 1 aliphatic rings. The van der Waals surface area contributed by atoms with E-state index < -0.39 is 5.82 Å². The number of hydrogen-bond acceptors (Lipinski definition) is 4. The maximum Gasteiger partial charge on any atom is 0.318 e. The lowest BCUT2D eigenvalue weighted by molar-refractivity contribution is 0.231. The van der Waals surface area contributed by atoms with Gasteiger partial charge in [0.05, 0.1) is 17.8 Å². The third-order valence-electron chi connectivity index (χ3n) is 3.02. The Morgan fingerprint density at radius 3 is 2.90 bits per heavy atom. The minimum atomic E-state index is -0.609. The average molecular weight is 311 g/mol. The summed E-state index contributed by atoms with van der Waals surface area (Å²) in [7, 11) is 0. The van der Waals surface area contributed by atoms with E-state index in [1.807, 2.05) is 6.92 Å². The molecular formula is C14H15F2N3OS. The van der Waals surface area contributed by atoms with Gasteiger partial charge in [0.25, 0.3) is 0 Å². The van der Waals surface area contributed by atoms with Crippen LogP contribution in [0.2, 0.25) is 0 Å². The lowest BCUT2D eigenvalue weighted by Crippen LogP contribution is -2.19. The minimum Gasteiger partial charge on any atom is -0.463 e. The molecule has 0 radical (unpaired) electrons. The summed E-state index contributed by atoms with van der Waals surface area (Å²) in [6.07, 6.45) is 5.69. The van der Waals surface area contributed by atoms with Crippen LogP contribution in [0.1, 0.15) is 13.8 Å². The second kappa shape index (κ2) is 6.71. The number of aromatic nitrogens is 2. The number of nitrogens with one attached hydrogen (secondary N) is 1. The van der Waals surface area contributed by atoms with Gasteiger partial charge in [-0.1, -0.05) is 25.2 Å². The number of thiocarbonyl (C=S) groups is 1. The van der Waals surface area contributed by atoms with Crippen LogP contribution >= 0.6 is 12.2 Å². The lowest BCUT2D eigenvalue weighted by Gasteiger charge is -2.20. The van der Waals surface area contributed by atoms with Gasteiger partial charge in [0.15, 0.2) is 11.6 Å². The van der Waals surface area contributed by atoms with Crippen LogP contribution in [0.15, 0.2) is 30.3 Å². The molecule has 21 heavy (non-hydrogen) atoms. The van der Waals surface area contributed by atoms with Crippen LogP contribution in [0.4, 0.5) is 14.6 Å². The van der Waals surface area contributed by atoms with E-state index in [0.29, 0.717) is 4.99 Å². The van der Waals surface area contributed by atoms with Gasteiger partial charge in [-0.3, -0.25) is 0 Å². The number of nitrogens with zero attached hydrogens (tertiary/aromatic N) is 2. The fourth-order valence-corrected chi connectivity index (χ4v) is 1.97. The molecule has 0 aromatic carbocycles.